The third-order valence-electron chi connectivity index (χ3n) is 7.60. The van der Waals surface area contributed by atoms with E-state index in [2.05, 4.69) is 102 Å². The van der Waals surface area contributed by atoms with E-state index in [1.807, 2.05) is 6.20 Å². The Labute approximate surface area is 169 Å². The number of hydrogen-bond donors (Lipinski definition) is 0. The quantitative estimate of drug-likeness (QED) is 0.463. The van der Waals surface area contributed by atoms with E-state index in [0.717, 1.165) is 5.69 Å². The van der Waals surface area contributed by atoms with Crippen molar-refractivity contribution in [3.8, 4) is 22.4 Å². The third kappa shape index (κ3) is 2.89. The van der Waals surface area contributed by atoms with Crippen molar-refractivity contribution in [2.24, 2.45) is 11.8 Å². The predicted octanol–water partition coefficient (Wildman–Crippen LogP) is 7.26. The molecule has 2 aromatic carbocycles. The van der Waals surface area contributed by atoms with E-state index in [9.17, 15) is 0 Å². The Morgan fingerprint density at radius 3 is 1.96 bits per heavy atom. The first-order valence-corrected chi connectivity index (χ1v) is 10.4. The van der Waals surface area contributed by atoms with E-state index in [1.54, 1.807) is 0 Å². The van der Waals surface area contributed by atoms with Crippen LogP contribution < -0.4 is 0 Å². The van der Waals surface area contributed by atoms with Gasteiger partial charge in [-0.1, -0.05) is 84.0 Å². The molecule has 0 aliphatic heterocycles. The second-order valence-electron chi connectivity index (χ2n) is 9.58. The van der Waals surface area contributed by atoms with Crippen LogP contribution in [-0.4, -0.2) is 4.98 Å². The van der Waals surface area contributed by atoms with Gasteiger partial charge in [-0.3, -0.25) is 4.98 Å². The van der Waals surface area contributed by atoms with Crippen LogP contribution in [0.15, 0.2) is 66.9 Å². The lowest BCUT2D eigenvalue weighted by Gasteiger charge is -2.51. The van der Waals surface area contributed by atoms with E-state index in [0.29, 0.717) is 11.8 Å². The fourth-order valence-electron chi connectivity index (χ4n) is 4.94. The Morgan fingerprint density at radius 2 is 1.29 bits per heavy atom. The number of fused-ring (bicyclic) bond motifs is 1. The summed E-state index contributed by atoms with van der Waals surface area (Å²) in [6.45, 7) is 14.4. The molecule has 4 rings (SSSR count). The molecule has 1 heterocycles. The number of aromatic nitrogens is 1. The lowest BCUT2D eigenvalue weighted by atomic mass is 9.53. The number of nitrogens with zero attached hydrogens (tertiary/aromatic N) is 1. The van der Waals surface area contributed by atoms with Gasteiger partial charge in [0.25, 0.3) is 0 Å². The van der Waals surface area contributed by atoms with Gasteiger partial charge in [0.1, 0.15) is 0 Å². The maximum Gasteiger partial charge on any atom is 0.0708 e. The Hall–Kier alpha value is -2.41. The number of rotatable bonds is 2. The highest BCUT2D eigenvalue weighted by molar-refractivity contribution is 5.71. The first-order valence-electron chi connectivity index (χ1n) is 10.4. The van der Waals surface area contributed by atoms with Crippen LogP contribution in [0.1, 0.15) is 52.7 Å². The summed E-state index contributed by atoms with van der Waals surface area (Å²) in [5, 5.41) is 0. The van der Waals surface area contributed by atoms with Gasteiger partial charge in [0.15, 0.2) is 0 Å². The monoisotopic (exact) mass is 369 g/mol. The van der Waals surface area contributed by atoms with Gasteiger partial charge in [0, 0.05) is 11.8 Å². The molecule has 3 aromatic rings. The van der Waals surface area contributed by atoms with Gasteiger partial charge in [-0.05, 0) is 63.1 Å². The minimum absolute atomic E-state index is 0.150. The Balaban J connectivity index is 1.83. The summed E-state index contributed by atoms with van der Waals surface area (Å²) < 4.78 is 0. The maximum atomic E-state index is 4.70. The second-order valence-corrected chi connectivity index (χ2v) is 9.58. The van der Waals surface area contributed by atoms with E-state index in [-0.39, 0.29) is 10.8 Å². The van der Waals surface area contributed by atoms with E-state index in [1.165, 1.54) is 27.8 Å². The van der Waals surface area contributed by atoms with E-state index in [4.69, 9.17) is 4.98 Å². The highest BCUT2D eigenvalue weighted by atomic mass is 14.7. The number of hydrogen-bond acceptors (Lipinski definition) is 1. The number of benzene rings is 2. The van der Waals surface area contributed by atoms with Gasteiger partial charge >= 0.3 is 0 Å². The molecule has 144 valence electrons. The van der Waals surface area contributed by atoms with Crippen LogP contribution in [0.25, 0.3) is 22.4 Å². The molecule has 0 fully saturated rings. The maximum absolute atomic E-state index is 4.70. The molecule has 0 N–H and O–H groups in total. The van der Waals surface area contributed by atoms with Crippen LogP contribution in [0.5, 0.6) is 0 Å². The molecule has 0 bridgehead atoms. The first kappa shape index (κ1) is 18.9. The van der Waals surface area contributed by atoms with Crippen molar-refractivity contribution in [3.63, 3.8) is 0 Å². The van der Waals surface area contributed by atoms with Gasteiger partial charge < -0.3 is 0 Å². The van der Waals surface area contributed by atoms with Crippen LogP contribution in [0, 0.1) is 11.8 Å². The summed E-state index contributed by atoms with van der Waals surface area (Å²) in [6.07, 6.45) is 1.93. The standard InChI is InChI=1S/C27H31N/c1-18-19(2)27(5,6)24-16-22(12-13-23(24)26(18,3)4)25-17-21(14-15-28-25)20-10-8-7-9-11-20/h7-19H,1-6H3. The highest BCUT2D eigenvalue weighted by Gasteiger charge is 2.46. The van der Waals surface area contributed by atoms with Crippen molar-refractivity contribution in [1.29, 1.82) is 0 Å². The fraction of sp³-hybridized carbons (Fsp3) is 0.370. The van der Waals surface area contributed by atoms with Crippen LogP contribution in [0.3, 0.4) is 0 Å². The summed E-state index contributed by atoms with van der Waals surface area (Å²) >= 11 is 0. The zero-order valence-corrected chi connectivity index (χ0v) is 18.0. The van der Waals surface area contributed by atoms with Crippen molar-refractivity contribution in [3.05, 3.63) is 78.0 Å². The Morgan fingerprint density at radius 1 is 0.643 bits per heavy atom. The topological polar surface area (TPSA) is 12.9 Å². The lowest BCUT2D eigenvalue weighted by Crippen LogP contribution is -2.46. The minimum Gasteiger partial charge on any atom is -0.256 e. The van der Waals surface area contributed by atoms with Gasteiger partial charge in [0.05, 0.1) is 5.69 Å². The minimum atomic E-state index is 0.150. The molecule has 1 aliphatic carbocycles. The average Bonchev–Trinajstić information content (AvgIpc) is 2.72. The first-order chi connectivity index (χ1) is 13.2. The summed E-state index contributed by atoms with van der Waals surface area (Å²) in [4.78, 5) is 4.70. The third-order valence-corrected chi connectivity index (χ3v) is 7.60. The normalized spacial score (nSPS) is 22.5. The molecular weight excluding hydrogens is 338 g/mol. The highest BCUT2D eigenvalue weighted by Crippen LogP contribution is 2.52. The molecule has 0 spiro atoms. The molecule has 1 aromatic heterocycles. The summed E-state index contributed by atoms with van der Waals surface area (Å²) in [5.74, 6) is 1.26. The molecule has 2 unspecified atom stereocenters. The summed E-state index contributed by atoms with van der Waals surface area (Å²) in [7, 11) is 0. The van der Waals surface area contributed by atoms with Crippen LogP contribution in [-0.2, 0) is 10.8 Å². The Kier molecular flexibility index (Phi) is 4.45. The van der Waals surface area contributed by atoms with Crippen molar-refractivity contribution in [2.45, 2.75) is 52.4 Å². The summed E-state index contributed by atoms with van der Waals surface area (Å²) in [6, 6.07) is 21.8. The zero-order valence-electron chi connectivity index (χ0n) is 18.0. The molecule has 0 saturated carbocycles. The van der Waals surface area contributed by atoms with Gasteiger partial charge in [-0.15, -0.1) is 0 Å². The molecule has 0 amide bonds. The molecule has 28 heavy (non-hydrogen) atoms. The lowest BCUT2D eigenvalue weighted by molar-refractivity contribution is 0.145. The molecular formula is C27H31N. The van der Waals surface area contributed by atoms with Gasteiger partial charge in [0.2, 0.25) is 0 Å². The molecule has 1 heteroatoms. The average molecular weight is 370 g/mol. The van der Waals surface area contributed by atoms with Crippen molar-refractivity contribution >= 4 is 0 Å². The predicted molar refractivity (Wildman–Crippen MR) is 119 cm³/mol. The molecule has 0 saturated heterocycles. The largest absolute Gasteiger partial charge is 0.256 e. The van der Waals surface area contributed by atoms with Crippen LogP contribution in [0.4, 0.5) is 0 Å². The zero-order chi connectivity index (χ0) is 20.1. The molecule has 1 aliphatic rings. The SMILES string of the molecule is CC1C(C)C(C)(C)c2cc(-c3cc(-c4ccccc4)ccn3)ccc2C1(C)C. The van der Waals surface area contributed by atoms with E-state index < -0.39 is 0 Å². The smallest absolute Gasteiger partial charge is 0.0708 e. The molecule has 0 radical (unpaired) electrons. The fourth-order valence-corrected chi connectivity index (χ4v) is 4.94. The van der Waals surface area contributed by atoms with Gasteiger partial charge in [-0.2, -0.15) is 0 Å². The molecule has 2 atom stereocenters. The van der Waals surface area contributed by atoms with Crippen LogP contribution in [0.2, 0.25) is 0 Å². The summed E-state index contributed by atoms with van der Waals surface area (Å²) in [5.41, 5.74) is 8.00. The van der Waals surface area contributed by atoms with E-state index >= 15 is 0 Å². The van der Waals surface area contributed by atoms with Crippen molar-refractivity contribution < 1.29 is 0 Å². The van der Waals surface area contributed by atoms with Crippen molar-refractivity contribution in [1.82, 2.24) is 4.98 Å². The van der Waals surface area contributed by atoms with Crippen LogP contribution >= 0.6 is 0 Å². The Bertz CT molecular complexity index is 998. The second kappa shape index (κ2) is 6.58. The van der Waals surface area contributed by atoms with Gasteiger partial charge in [-0.25, -0.2) is 0 Å². The number of pyridine rings is 1. The van der Waals surface area contributed by atoms with Crippen molar-refractivity contribution in [2.75, 3.05) is 0 Å². The molecule has 1 nitrogen and oxygen atoms in total.